The van der Waals surface area contributed by atoms with Gasteiger partial charge in [0.05, 0.1) is 6.61 Å². The third kappa shape index (κ3) is 3.48. The Hall–Kier alpha value is -0.180. The van der Waals surface area contributed by atoms with E-state index in [1.54, 1.807) is 11.8 Å². The minimum atomic E-state index is 0.241. The molecule has 0 aliphatic carbocycles. The predicted octanol–water partition coefficient (Wildman–Crippen LogP) is 2.57. The average molecular weight is 203 g/mol. The second-order valence-corrected chi connectivity index (χ2v) is 3.95. The van der Waals surface area contributed by atoms with Gasteiger partial charge in [0.15, 0.2) is 0 Å². The van der Waals surface area contributed by atoms with Crippen molar-refractivity contribution in [3.63, 3.8) is 0 Å². The highest BCUT2D eigenvalue weighted by Crippen LogP contribution is 2.15. The standard InChI is InChI=1S/C9H11ClOS/c10-9-3-1-2-8(6-9)7-12-5-4-11/h1-3,6,11H,4-5,7H2. The average Bonchev–Trinajstić information content (AvgIpc) is 2.05. The summed E-state index contributed by atoms with van der Waals surface area (Å²) in [6.07, 6.45) is 0. The van der Waals surface area contributed by atoms with E-state index >= 15 is 0 Å². The van der Waals surface area contributed by atoms with Crippen molar-refractivity contribution in [2.45, 2.75) is 5.75 Å². The van der Waals surface area contributed by atoms with Crippen LogP contribution in [0.3, 0.4) is 0 Å². The van der Waals surface area contributed by atoms with Crippen molar-refractivity contribution in [3.05, 3.63) is 34.9 Å². The first-order valence-corrected chi connectivity index (χ1v) is 5.29. The van der Waals surface area contributed by atoms with E-state index in [2.05, 4.69) is 0 Å². The third-order valence-corrected chi connectivity index (χ3v) is 2.64. The van der Waals surface area contributed by atoms with E-state index in [0.717, 1.165) is 16.5 Å². The normalized spacial score (nSPS) is 10.2. The Labute approximate surface area is 81.7 Å². The quantitative estimate of drug-likeness (QED) is 0.758. The van der Waals surface area contributed by atoms with Crippen molar-refractivity contribution in [3.8, 4) is 0 Å². The van der Waals surface area contributed by atoms with Gasteiger partial charge in [0, 0.05) is 16.5 Å². The first-order chi connectivity index (χ1) is 5.83. The summed E-state index contributed by atoms with van der Waals surface area (Å²) in [5, 5.41) is 9.33. The first-order valence-electron chi connectivity index (χ1n) is 3.76. The smallest absolute Gasteiger partial charge is 0.0521 e. The number of thioether (sulfide) groups is 1. The molecular formula is C9H11ClOS. The van der Waals surface area contributed by atoms with Crippen LogP contribution >= 0.6 is 23.4 Å². The molecule has 0 aliphatic heterocycles. The van der Waals surface area contributed by atoms with Gasteiger partial charge in [-0.3, -0.25) is 0 Å². The van der Waals surface area contributed by atoms with Crippen molar-refractivity contribution in [1.29, 1.82) is 0 Å². The van der Waals surface area contributed by atoms with Crippen LogP contribution in [0.25, 0.3) is 0 Å². The zero-order chi connectivity index (χ0) is 8.81. The first kappa shape index (κ1) is 9.90. The molecule has 1 N–H and O–H groups in total. The van der Waals surface area contributed by atoms with Crippen LogP contribution in [0.1, 0.15) is 5.56 Å². The summed E-state index contributed by atoms with van der Waals surface area (Å²) in [5.74, 6) is 1.70. The van der Waals surface area contributed by atoms with Crippen LogP contribution in [-0.2, 0) is 5.75 Å². The molecule has 66 valence electrons. The van der Waals surface area contributed by atoms with Gasteiger partial charge in [-0.2, -0.15) is 11.8 Å². The summed E-state index contributed by atoms with van der Waals surface area (Å²) in [6.45, 7) is 0.241. The monoisotopic (exact) mass is 202 g/mol. The van der Waals surface area contributed by atoms with Crippen LogP contribution in [-0.4, -0.2) is 17.5 Å². The van der Waals surface area contributed by atoms with E-state index in [-0.39, 0.29) is 6.61 Å². The van der Waals surface area contributed by atoms with E-state index in [4.69, 9.17) is 16.7 Å². The van der Waals surface area contributed by atoms with Crippen molar-refractivity contribution in [1.82, 2.24) is 0 Å². The number of benzene rings is 1. The predicted molar refractivity (Wildman–Crippen MR) is 54.7 cm³/mol. The second kappa shape index (κ2) is 5.46. The molecule has 3 heteroatoms. The highest BCUT2D eigenvalue weighted by atomic mass is 35.5. The number of hydrogen-bond donors (Lipinski definition) is 1. The van der Waals surface area contributed by atoms with Gasteiger partial charge >= 0.3 is 0 Å². The number of aliphatic hydroxyl groups excluding tert-OH is 1. The summed E-state index contributed by atoms with van der Waals surface area (Å²) < 4.78 is 0. The van der Waals surface area contributed by atoms with Crippen molar-refractivity contribution >= 4 is 23.4 Å². The minimum Gasteiger partial charge on any atom is -0.396 e. The maximum absolute atomic E-state index is 8.55. The molecule has 1 aromatic carbocycles. The maximum atomic E-state index is 8.55. The Morgan fingerprint density at radius 1 is 1.42 bits per heavy atom. The highest BCUT2D eigenvalue weighted by molar-refractivity contribution is 7.98. The van der Waals surface area contributed by atoms with Crippen LogP contribution in [0.5, 0.6) is 0 Å². The van der Waals surface area contributed by atoms with Gasteiger partial charge < -0.3 is 5.11 Å². The molecule has 1 aromatic rings. The van der Waals surface area contributed by atoms with Gasteiger partial charge in [0.1, 0.15) is 0 Å². The Balaban J connectivity index is 2.41. The van der Waals surface area contributed by atoms with Crippen LogP contribution in [0.15, 0.2) is 24.3 Å². The Morgan fingerprint density at radius 3 is 2.92 bits per heavy atom. The van der Waals surface area contributed by atoms with Gasteiger partial charge in [-0.05, 0) is 17.7 Å². The minimum absolute atomic E-state index is 0.241. The van der Waals surface area contributed by atoms with E-state index in [0.29, 0.717) is 0 Å². The summed E-state index contributed by atoms with van der Waals surface area (Å²) in [5.41, 5.74) is 1.21. The SMILES string of the molecule is OCCSCc1cccc(Cl)c1. The Kier molecular flexibility index (Phi) is 4.51. The molecule has 0 amide bonds. The molecule has 0 unspecified atom stereocenters. The molecule has 0 heterocycles. The van der Waals surface area contributed by atoms with Gasteiger partial charge in [-0.15, -0.1) is 0 Å². The van der Waals surface area contributed by atoms with Gasteiger partial charge in [0.2, 0.25) is 0 Å². The summed E-state index contributed by atoms with van der Waals surface area (Å²) in [6, 6.07) is 7.79. The fraction of sp³-hybridized carbons (Fsp3) is 0.333. The maximum Gasteiger partial charge on any atom is 0.0521 e. The molecule has 0 bridgehead atoms. The molecule has 0 spiro atoms. The molecule has 0 saturated heterocycles. The lowest BCUT2D eigenvalue weighted by molar-refractivity contribution is 0.322. The summed E-state index contributed by atoms with van der Waals surface area (Å²) in [7, 11) is 0. The van der Waals surface area contributed by atoms with E-state index in [1.165, 1.54) is 5.56 Å². The summed E-state index contributed by atoms with van der Waals surface area (Å²) >= 11 is 7.51. The zero-order valence-corrected chi connectivity index (χ0v) is 8.24. The van der Waals surface area contributed by atoms with Crippen molar-refractivity contribution in [2.24, 2.45) is 0 Å². The van der Waals surface area contributed by atoms with Crippen LogP contribution in [0.2, 0.25) is 5.02 Å². The lowest BCUT2D eigenvalue weighted by atomic mass is 10.2. The summed E-state index contributed by atoms with van der Waals surface area (Å²) in [4.78, 5) is 0. The molecule has 0 atom stereocenters. The van der Waals surface area contributed by atoms with Crippen LogP contribution in [0.4, 0.5) is 0 Å². The zero-order valence-electron chi connectivity index (χ0n) is 6.66. The largest absolute Gasteiger partial charge is 0.396 e. The Bertz CT molecular complexity index is 240. The fourth-order valence-corrected chi connectivity index (χ4v) is 1.78. The lowest BCUT2D eigenvalue weighted by Gasteiger charge is -1.99. The van der Waals surface area contributed by atoms with Crippen LogP contribution in [0, 0.1) is 0 Å². The van der Waals surface area contributed by atoms with Gasteiger partial charge in [-0.25, -0.2) is 0 Å². The number of hydrogen-bond acceptors (Lipinski definition) is 2. The van der Waals surface area contributed by atoms with E-state index in [1.807, 2.05) is 24.3 Å². The van der Waals surface area contributed by atoms with E-state index < -0.39 is 0 Å². The third-order valence-electron chi connectivity index (χ3n) is 1.39. The Morgan fingerprint density at radius 2 is 2.25 bits per heavy atom. The van der Waals surface area contributed by atoms with E-state index in [9.17, 15) is 0 Å². The topological polar surface area (TPSA) is 20.2 Å². The second-order valence-electron chi connectivity index (χ2n) is 2.41. The molecule has 0 fully saturated rings. The molecule has 0 radical (unpaired) electrons. The highest BCUT2D eigenvalue weighted by Gasteiger charge is 1.93. The van der Waals surface area contributed by atoms with Crippen molar-refractivity contribution < 1.29 is 5.11 Å². The fourth-order valence-electron chi connectivity index (χ4n) is 0.881. The van der Waals surface area contributed by atoms with Gasteiger partial charge in [0.25, 0.3) is 0 Å². The molecule has 12 heavy (non-hydrogen) atoms. The van der Waals surface area contributed by atoms with Gasteiger partial charge in [-0.1, -0.05) is 23.7 Å². The lowest BCUT2D eigenvalue weighted by Crippen LogP contribution is -1.87. The molecule has 0 aromatic heterocycles. The number of aliphatic hydroxyl groups is 1. The number of halogens is 1. The molecule has 0 saturated carbocycles. The molecule has 1 rings (SSSR count). The van der Waals surface area contributed by atoms with Crippen molar-refractivity contribution in [2.75, 3.05) is 12.4 Å². The molecule has 1 nitrogen and oxygen atoms in total. The van der Waals surface area contributed by atoms with Crippen LogP contribution < -0.4 is 0 Å². The number of rotatable bonds is 4. The molecular weight excluding hydrogens is 192 g/mol. The molecule has 0 aliphatic rings.